The smallest absolute Gasteiger partial charge is 0.122 e. The predicted octanol–water partition coefficient (Wildman–Crippen LogP) is 3.23. The van der Waals surface area contributed by atoms with Crippen LogP contribution in [0.5, 0.6) is 5.75 Å². The molecule has 3 nitrogen and oxygen atoms in total. The van der Waals surface area contributed by atoms with Crippen LogP contribution in [0.4, 0.5) is 0 Å². The lowest BCUT2D eigenvalue weighted by Gasteiger charge is -2.26. The van der Waals surface area contributed by atoms with E-state index in [-0.39, 0.29) is 0 Å². The third kappa shape index (κ3) is 2.84. The van der Waals surface area contributed by atoms with Gasteiger partial charge in [0, 0.05) is 25.1 Å². The van der Waals surface area contributed by atoms with E-state index in [1.165, 1.54) is 24.0 Å². The Bertz CT molecular complexity index is 454. The molecule has 2 aliphatic heterocycles. The second kappa shape index (κ2) is 6.15. The summed E-state index contributed by atoms with van der Waals surface area (Å²) < 4.78 is 11.4. The molecule has 3 unspecified atom stereocenters. The van der Waals surface area contributed by atoms with Crippen LogP contribution in [0.15, 0.2) is 18.2 Å². The molecule has 0 saturated carbocycles. The third-order valence-corrected chi connectivity index (χ3v) is 4.51. The van der Waals surface area contributed by atoms with E-state index in [0.717, 1.165) is 31.8 Å². The highest BCUT2D eigenvalue weighted by Crippen LogP contribution is 2.29. The predicted molar refractivity (Wildman–Crippen MR) is 80.2 cm³/mol. The van der Waals surface area contributed by atoms with E-state index in [4.69, 9.17) is 9.47 Å². The van der Waals surface area contributed by atoms with Crippen molar-refractivity contribution < 1.29 is 9.47 Å². The molecule has 0 aromatic heterocycles. The second-order valence-electron chi connectivity index (χ2n) is 5.93. The first-order valence-corrected chi connectivity index (χ1v) is 7.91. The van der Waals surface area contributed by atoms with Crippen molar-refractivity contribution in [1.29, 1.82) is 0 Å². The van der Waals surface area contributed by atoms with Gasteiger partial charge in [-0.15, -0.1) is 0 Å². The van der Waals surface area contributed by atoms with Crippen molar-refractivity contribution in [2.75, 3.05) is 13.2 Å². The molecule has 110 valence electrons. The van der Waals surface area contributed by atoms with Crippen LogP contribution in [0.3, 0.4) is 0 Å². The van der Waals surface area contributed by atoms with Crippen LogP contribution in [0, 0.1) is 0 Å². The summed E-state index contributed by atoms with van der Waals surface area (Å²) in [7, 11) is 0. The molecule has 3 rings (SSSR count). The van der Waals surface area contributed by atoms with Gasteiger partial charge >= 0.3 is 0 Å². The van der Waals surface area contributed by atoms with Crippen LogP contribution in [-0.2, 0) is 11.2 Å². The highest BCUT2D eigenvalue weighted by atomic mass is 16.5. The third-order valence-electron chi connectivity index (χ3n) is 4.51. The number of benzene rings is 1. The van der Waals surface area contributed by atoms with E-state index in [0.29, 0.717) is 18.2 Å². The maximum absolute atomic E-state index is 5.79. The Morgan fingerprint density at radius 3 is 3.00 bits per heavy atom. The van der Waals surface area contributed by atoms with Crippen molar-refractivity contribution in [3.63, 3.8) is 0 Å². The van der Waals surface area contributed by atoms with E-state index in [2.05, 4.69) is 37.4 Å². The molecule has 1 N–H and O–H groups in total. The van der Waals surface area contributed by atoms with Crippen LogP contribution in [-0.4, -0.2) is 25.4 Å². The van der Waals surface area contributed by atoms with Gasteiger partial charge < -0.3 is 14.8 Å². The number of hydrogen-bond acceptors (Lipinski definition) is 3. The molecule has 3 atom stereocenters. The van der Waals surface area contributed by atoms with Gasteiger partial charge in [0.1, 0.15) is 5.75 Å². The van der Waals surface area contributed by atoms with Crippen LogP contribution in [0.1, 0.15) is 50.3 Å². The van der Waals surface area contributed by atoms with Crippen LogP contribution >= 0.6 is 0 Å². The molecule has 0 bridgehead atoms. The molecule has 20 heavy (non-hydrogen) atoms. The Balaban J connectivity index is 1.69. The standard InChI is InChI=1S/C17H25NO2/c1-3-15(18-12(2)16-5-4-9-19-16)13-6-7-17-14(11-13)8-10-20-17/h6-7,11-12,15-16,18H,3-5,8-10H2,1-2H3. The average Bonchev–Trinajstić information content (AvgIpc) is 3.14. The van der Waals surface area contributed by atoms with Gasteiger partial charge in [0.2, 0.25) is 0 Å². The van der Waals surface area contributed by atoms with Crippen LogP contribution < -0.4 is 10.1 Å². The zero-order chi connectivity index (χ0) is 13.9. The summed E-state index contributed by atoms with van der Waals surface area (Å²) in [6, 6.07) is 7.45. The molecule has 0 amide bonds. The first kappa shape index (κ1) is 13.9. The summed E-state index contributed by atoms with van der Waals surface area (Å²) in [6.45, 7) is 6.23. The number of ether oxygens (including phenoxy) is 2. The molecule has 3 heteroatoms. The minimum atomic E-state index is 0.377. The Morgan fingerprint density at radius 1 is 1.35 bits per heavy atom. The Morgan fingerprint density at radius 2 is 2.25 bits per heavy atom. The lowest BCUT2D eigenvalue weighted by atomic mass is 9.99. The zero-order valence-corrected chi connectivity index (χ0v) is 12.5. The molecule has 1 aromatic carbocycles. The molecule has 1 saturated heterocycles. The van der Waals surface area contributed by atoms with Crippen LogP contribution in [0.2, 0.25) is 0 Å². The Labute approximate surface area is 121 Å². The van der Waals surface area contributed by atoms with E-state index in [9.17, 15) is 0 Å². The zero-order valence-electron chi connectivity index (χ0n) is 12.5. The van der Waals surface area contributed by atoms with Gasteiger partial charge in [-0.3, -0.25) is 0 Å². The summed E-state index contributed by atoms with van der Waals surface area (Å²) in [5.41, 5.74) is 2.73. The fourth-order valence-corrected chi connectivity index (χ4v) is 3.29. The van der Waals surface area contributed by atoms with Crippen molar-refractivity contribution in [1.82, 2.24) is 5.32 Å². The van der Waals surface area contributed by atoms with Gasteiger partial charge in [0.15, 0.2) is 0 Å². The molecule has 0 radical (unpaired) electrons. The van der Waals surface area contributed by atoms with E-state index < -0.39 is 0 Å². The van der Waals surface area contributed by atoms with Gasteiger partial charge in [-0.05, 0) is 43.4 Å². The minimum Gasteiger partial charge on any atom is -0.493 e. The first-order valence-electron chi connectivity index (χ1n) is 7.91. The molecule has 1 fully saturated rings. The minimum absolute atomic E-state index is 0.377. The molecule has 0 aliphatic carbocycles. The molecule has 2 aliphatic rings. The summed E-state index contributed by atoms with van der Waals surface area (Å²) in [5.74, 6) is 1.07. The van der Waals surface area contributed by atoms with Crippen molar-refractivity contribution >= 4 is 0 Å². The fraction of sp³-hybridized carbons (Fsp3) is 0.647. The van der Waals surface area contributed by atoms with E-state index in [1.54, 1.807) is 0 Å². The number of nitrogens with one attached hydrogen (secondary N) is 1. The van der Waals surface area contributed by atoms with Crippen LogP contribution in [0.25, 0.3) is 0 Å². The van der Waals surface area contributed by atoms with E-state index in [1.807, 2.05) is 0 Å². The Hall–Kier alpha value is -1.06. The molecule has 2 heterocycles. The summed E-state index contributed by atoms with van der Waals surface area (Å²) in [6.07, 6.45) is 4.89. The fourth-order valence-electron chi connectivity index (χ4n) is 3.29. The average molecular weight is 275 g/mol. The van der Waals surface area contributed by atoms with Gasteiger partial charge in [-0.2, -0.15) is 0 Å². The monoisotopic (exact) mass is 275 g/mol. The lowest BCUT2D eigenvalue weighted by molar-refractivity contribution is 0.0794. The molecular formula is C17H25NO2. The van der Waals surface area contributed by atoms with Crippen molar-refractivity contribution in [3.05, 3.63) is 29.3 Å². The molecule has 0 spiro atoms. The second-order valence-corrected chi connectivity index (χ2v) is 5.93. The Kier molecular flexibility index (Phi) is 4.27. The molecule has 1 aromatic rings. The maximum Gasteiger partial charge on any atom is 0.122 e. The first-order chi connectivity index (χ1) is 9.78. The van der Waals surface area contributed by atoms with Gasteiger partial charge in [0.25, 0.3) is 0 Å². The highest BCUT2D eigenvalue weighted by Gasteiger charge is 2.25. The summed E-state index contributed by atoms with van der Waals surface area (Å²) in [5, 5.41) is 3.75. The summed E-state index contributed by atoms with van der Waals surface area (Å²) in [4.78, 5) is 0. The van der Waals surface area contributed by atoms with Crippen molar-refractivity contribution in [2.45, 2.75) is 57.7 Å². The summed E-state index contributed by atoms with van der Waals surface area (Å²) >= 11 is 0. The highest BCUT2D eigenvalue weighted by molar-refractivity contribution is 5.40. The van der Waals surface area contributed by atoms with Gasteiger partial charge in [0.05, 0.1) is 12.7 Å². The van der Waals surface area contributed by atoms with Crippen molar-refractivity contribution in [2.24, 2.45) is 0 Å². The number of fused-ring (bicyclic) bond motifs is 1. The SMILES string of the molecule is CCC(NC(C)C1CCCO1)c1ccc2c(c1)CCO2. The number of hydrogen-bond donors (Lipinski definition) is 1. The largest absolute Gasteiger partial charge is 0.493 e. The number of rotatable bonds is 5. The normalized spacial score (nSPS) is 24.2. The molecular weight excluding hydrogens is 250 g/mol. The van der Waals surface area contributed by atoms with E-state index >= 15 is 0 Å². The lowest BCUT2D eigenvalue weighted by Crippen LogP contribution is -2.39. The quantitative estimate of drug-likeness (QED) is 0.895. The topological polar surface area (TPSA) is 30.5 Å². The maximum atomic E-state index is 5.79. The van der Waals surface area contributed by atoms with Gasteiger partial charge in [-0.25, -0.2) is 0 Å². The van der Waals surface area contributed by atoms with Crippen molar-refractivity contribution in [3.8, 4) is 5.75 Å². The van der Waals surface area contributed by atoms with Gasteiger partial charge in [-0.1, -0.05) is 19.1 Å².